The summed E-state index contributed by atoms with van der Waals surface area (Å²) in [4.78, 5) is 19.3. The summed E-state index contributed by atoms with van der Waals surface area (Å²) in [5.41, 5.74) is 3.15. The Bertz CT molecular complexity index is 1020. The highest BCUT2D eigenvalue weighted by Gasteiger charge is 2.27. The molecule has 6 nitrogen and oxygen atoms in total. The summed E-state index contributed by atoms with van der Waals surface area (Å²) >= 11 is 0. The van der Waals surface area contributed by atoms with E-state index in [1.54, 1.807) is 4.90 Å². The topological polar surface area (TPSA) is 78.6 Å². The summed E-state index contributed by atoms with van der Waals surface area (Å²) in [5.74, 6) is 0.756. The average Bonchev–Trinajstić information content (AvgIpc) is 2.94. The third-order valence-corrected chi connectivity index (χ3v) is 5.71. The Hall–Kier alpha value is -2.86. The summed E-state index contributed by atoms with van der Waals surface area (Å²) in [5, 5.41) is 21.5. The molecule has 2 N–H and O–H groups in total. The summed E-state index contributed by atoms with van der Waals surface area (Å²) < 4.78 is 1.88. The van der Waals surface area contributed by atoms with Gasteiger partial charge in [0, 0.05) is 31.3 Å². The van der Waals surface area contributed by atoms with Crippen molar-refractivity contribution < 1.29 is 15.0 Å². The second-order valence-corrected chi connectivity index (χ2v) is 7.45. The predicted octanol–water partition coefficient (Wildman–Crippen LogP) is 3.10. The number of aliphatic hydroxyl groups is 1. The molecule has 1 aliphatic heterocycles. The van der Waals surface area contributed by atoms with Crippen LogP contribution in [0.15, 0.2) is 36.4 Å². The lowest BCUT2D eigenvalue weighted by molar-refractivity contribution is 0.0649. The van der Waals surface area contributed by atoms with Gasteiger partial charge in [-0.2, -0.15) is 0 Å². The van der Waals surface area contributed by atoms with Gasteiger partial charge in [-0.25, -0.2) is 4.98 Å². The first-order valence-electron chi connectivity index (χ1n) is 9.67. The van der Waals surface area contributed by atoms with E-state index in [4.69, 9.17) is 0 Å². The van der Waals surface area contributed by atoms with Gasteiger partial charge in [0.1, 0.15) is 17.1 Å². The van der Waals surface area contributed by atoms with Crippen molar-refractivity contribution in [2.45, 2.75) is 32.3 Å². The number of aromatic hydroxyl groups is 1. The standard InChI is InChI=1S/C22H25N3O3/c1-14-23-20-18(24(14)2)13-17(22(28)25-11-6-12-25)16(21(20)27)9-10-19(26)15-7-4-3-5-8-15/h3-5,7-8,13,19,26-27H,6,9-12H2,1-2H3. The molecule has 3 aromatic rings. The van der Waals surface area contributed by atoms with Gasteiger partial charge in [-0.15, -0.1) is 0 Å². The number of carbonyl (C=O) groups excluding carboxylic acids is 1. The fourth-order valence-electron chi connectivity index (χ4n) is 3.72. The number of phenols is 1. The van der Waals surface area contributed by atoms with Crippen LogP contribution in [0.5, 0.6) is 5.75 Å². The van der Waals surface area contributed by atoms with Gasteiger partial charge < -0.3 is 19.7 Å². The molecule has 2 heterocycles. The number of aliphatic hydroxyl groups excluding tert-OH is 1. The van der Waals surface area contributed by atoms with E-state index < -0.39 is 6.10 Å². The van der Waals surface area contributed by atoms with Crippen LogP contribution in [0.4, 0.5) is 0 Å². The Labute approximate surface area is 164 Å². The maximum absolute atomic E-state index is 13.0. The van der Waals surface area contributed by atoms with Gasteiger partial charge in [0.25, 0.3) is 5.91 Å². The number of benzene rings is 2. The van der Waals surface area contributed by atoms with E-state index in [0.717, 1.165) is 36.4 Å². The predicted molar refractivity (Wildman–Crippen MR) is 107 cm³/mol. The zero-order valence-electron chi connectivity index (χ0n) is 16.2. The number of phenolic OH excluding ortho intramolecular Hbond substituents is 1. The molecule has 28 heavy (non-hydrogen) atoms. The minimum absolute atomic E-state index is 0.0466. The molecule has 1 aromatic heterocycles. The van der Waals surface area contributed by atoms with Crippen molar-refractivity contribution in [2.24, 2.45) is 7.05 Å². The Morgan fingerprint density at radius 1 is 1.25 bits per heavy atom. The molecule has 6 heteroatoms. The summed E-state index contributed by atoms with van der Waals surface area (Å²) in [7, 11) is 1.88. The van der Waals surface area contributed by atoms with E-state index in [2.05, 4.69) is 4.98 Å². The van der Waals surface area contributed by atoms with E-state index in [9.17, 15) is 15.0 Å². The first-order valence-corrected chi connectivity index (χ1v) is 9.67. The first-order chi connectivity index (χ1) is 13.5. The van der Waals surface area contributed by atoms with Crippen LogP contribution in [0, 0.1) is 6.92 Å². The number of rotatable bonds is 5. The molecule has 1 aliphatic rings. The number of imidazole rings is 1. The maximum Gasteiger partial charge on any atom is 0.254 e. The number of amides is 1. The minimum atomic E-state index is -0.659. The fourth-order valence-corrected chi connectivity index (χ4v) is 3.72. The number of hydrogen-bond donors (Lipinski definition) is 2. The van der Waals surface area contributed by atoms with E-state index in [-0.39, 0.29) is 11.7 Å². The molecule has 0 spiro atoms. The van der Waals surface area contributed by atoms with Crippen molar-refractivity contribution in [3.8, 4) is 5.75 Å². The third-order valence-electron chi connectivity index (χ3n) is 5.71. The highest BCUT2D eigenvalue weighted by molar-refractivity contribution is 6.01. The highest BCUT2D eigenvalue weighted by atomic mass is 16.3. The van der Waals surface area contributed by atoms with Crippen LogP contribution >= 0.6 is 0 Å². The van der Waals surface area contributed by atoms with E-state index in [0.29, 0.717) is 29.5 Å². The molecular formula is C22H25N3O3. The van der Waals surface area contributed by atoms with Crippen LogP contribution < -0.4 is 0 Å². The number of aryl methyl sites for hydroxylation is 2. The van der Waals surface area contributed by atoms with Gasteiger partial charge in [0.05, 0.1) is 11.6 Å². The Morgan fingerprint density at radius 2 is 1.96 bits per heavy atom. The number of aromatic nitrogens is 2. The number of hydrogen-bond acceptors (Lipinski definition) is 4. The van der Waals surface area contributed by atoms with Crippen LogP contribution in [-0.2, 0) is 13.5 Å². The lowest BCUT2D eigenvalue weighted by atomic mass is 9.95. The molecule has 0 saturated carbocycles. The lowest BCUT2D eigenvalue weighted by Crippen LogP contribution is -2.42. The van der Waals surface area contributed by atoms with E-state index in [1.165, 1.54) is 0 Å². The summed E-state index contributed by atoms with van der Waals surface area (Å²) in [6, 6.07) is 11.3. The highest BCUT2D eigenvalue weighted by Crippen LogP contribution is 2.35. The zero-order chi connectivity index (χ0) is 19.8. The van der Waals surface area contributed by atoms with Crippen molar-refractivity contribution in [1.29, 1.82) is 0 Å². The van der Waals surface area contributed by atoms with Crippen molar-refractivity contribution in [2.75, 3.05) is 13.1 Å². The quantitative estimate of drug-likeness (QED) is 0.714. The van der Waals surface area contributed by atoms with Gasteiger partial charge in [-0.3, -0.25) is 4.79 Å². The van der Waals surface area contributed by atoms with Gasteiger partial charge in [0.2, 0.25) is 0 Å². The molecule has 1 amide bonds. The maximum atomic E-state index is 13.0. The zero-order valence-corrected chi connectivity index (χ0v) is 16.2. The fraction of sp³-hybridized carbons (Fsp3) is 0.364. The summed E-state index contributed by atoms with van der Waals surface area (Å²) in [6.07, 6.45) is 1.15. The van der Waals surface area contributed by atoms with Crippen LogP contribution in [0.3, 0.4) is 0 Å². The molecule has 146 valence electrons. The third kappa shape index (κ3) is 3.14. The van der Waals surface area contributed by atoms with Gasteiger partial charge in [-0.1, -0.05) is 30.3 Å². The second-order valence-electron chi connectivity index (χ2n) is 7.45. The van der Waals surface area contributed by atoms with E-state index >= 15 is 0 Å². The van der Waals surface area contributed by atoms with Crippen LogP contribution in [-0.4, -0.2) is 43.7 Å². The molecule has 1 saturated heterocycles. The molecule has 2 aromatic carbocycles. The Kier molecular flexibility index (Phi) is 4.81. The van der Waals surface area contributed by atoms with Crippen LogP contribution in [0.1, 0.15) is 46.3 Å². The van der Waals surface area contributed by atoms with Crippen LogP contribution in [0.25, 0.3) is 11.0 Å². The Morgan fingerprint density at radius 3 is 2.61 bits per heavy atom. The molecule has 0 aliphatic carbocycles. The molecule has 4 rings (SSSR count). The largest absolute Gasteiger partial charge is 0.505 e. The molecular weight excluding hydrogens is 354 g/mol. The Balaban J connectivity index is 1.72. The van der Waals surface area contributed by atoms with E-state index in [1.807, 2.05) is 54.9 Å². The molecule has 0 radical (unpaired) electrons. The lowest BCUT2D eigenvalue weighted by Gasteiger charge is -2.31. The summed E-state index contributed by atoms with van der Waals surface area (Å²) in [6.45, 7) is 3.36. The first kappa shape index (κ1) is 18.5. The SMILES string of the molecule is Cc1nc2c(O)c(CCC(O)c3ccccc3)c(C(=O)N3CCC3)cc2n1C. The molecule has 1 atom stereocenters. The molecule has 1 fully saturated rings. The van der Waals surface area contributed by atoms with Gasteiger partial charge in [-0.05, 0) is 37.8 Å². The minimum Gasteiger partial charge on any atom is -0.505 e. The normalized spacial score (nSPS) is 14.9. The van der Waals surface area contributed by atoms with Crippen LogP contribution in [0.2, 0.25) is 0 Å². The smallest absolute Gasteiger partial charge is 0.254 e. The molecule has 0 bridgehead atoms. The van der Waals surface area contributed by atoms with Crippen molar-refractivity contribution >= 4 is 16.9 Å². The number of likely N-dealkylation sites (tertiary alicyclic amines) is 1. The average molecular weight is 379 g/mol. The van der Waals surface area contributed by atoms with Gasteiger partial charge >= 0.3 is 0 Å². The number of nitrogens with zero attached hydrogens (tertiary/aromatic N) is 3. The number of fused-ring (bicyclic) bond motifs is 1. The van der Waals surface area contributed by atoms with Gasteiger partial charge in [0.15, 0.2) is 0 Å². The van der Waals surface area contributed by atoms with Crippen molar-refractivity contribution in [3.63, 3.8) is 0 Å². The monoisotopic (exact) mass is 379 g/mol. The molecule has 1 unspecified atom stereocenters. The van der Waals surface area contributed by atoms with Crippen molar-refractivity contribution in [1.82, 2.24) is 14.5 Å². The number of carbonyl (C=O) groups is 1. The second kappa shape index (κ2) is 7.28. The van der Waals surface area contributed by atoms with Crippen molar-refractivity contribution in [3.05, 3.63) is 58.9 Å².